The normalized spacial score (nSPS) is 12.2. The van der Waals surface area contributed by atoms with Gasteiger partial charge in [-0.05, 0) is 30.0 Å². The quantitative estimate of drug-likeness (QED) is 0.598. The number of thiophene rings is 1. The zero-order chi connectivity index (χ0) is 20.7. The number of carbonyl (C=O) groups is 2. The Hall–Kier alpha value is -3.33. The van der Waals surface area contributed by atoms with Gasteiger partial charge in [-0.15, -0.1) is 11.3 Å². The zero-order valence-electron chi connectivity index (χ0n) is 16.2. The molecule has 5 N–H and O–H groups in total. The number of aromatic nitrogens is 2. The van der Waals surface area contributed by atoms with Crippen molar-refractivity contribution >= 4 is 34.0 Å². The smallest absolute Gasteiger partial charge is 0.317 e. The molecule has 0 atom stereocenters. The van der Waals surface area contributed by atoms with Gasteiger partial charge in [0.25, 0.3) is 5.91 Å². The van der Waals surface area contributed by atoms with Crippen molar-refractivity contribution in [1.82, 2.24) is 9.78 Å². The largest absolute Gasteiger partial charge is 0.377 e. The van der Waals surface area contributed by atoms with Crippen molar-refractivity contribution < 1.29 is 9.59 Å². The molecule has 2 aromatic heterocycles. The van der Waals surface area contributed by atoms with E-state index in [2.05, 4.69) is 22.3 Å². The molecular formula is C20H22N6O2S. The van der Waals surface area contributed by atoms with Gasteiger partial charge in [-0.3, -0.25) is 14.8 Å². The van der Waals surface area contributed by atoms with Gasteiger partial charge in [0.2, 0.25) is 0 Å². The predicted molar refractivity (Wildman–Crippen MR) is 115 cm³/mol. The van der Waals surface area contributed by atoms with Gasteiger partial charge in [-0.2, -0.15) is 5.10 Å². The number of nitrogens with two attached hydrogens (primary N) is 2. The van der Waals surface area contributed by atoms with Crippen molar-refractivity contribution in [2.75, 3.05) is 24.3 Å². The summed E-state index contributed by atoms with van der Waals surface area (Å²) in [6.45, 7) is 0.636. The summed E-state index contributed by atoms with van der Waals surface area (Å²) in [5, 5.41) is 7.70. The third-order valence-electron chi connectivity index (χ3n) is 4.99. The Balaban J connectivity index is 1.74. The lowest BCUT2D eigenvalue weighted by molar-refractivity contribution is 0.100. The van der Waals surface area contributed by atoms with Gasteiger partial charge in [0, 0.05) is 36.4 Å². The monoisotopic (exact) mass is 410 g/mol. The van der Waals surface area contributed by atoms with Gasteiger partial charge in [-0.25, -0.2) is 4.79 Å². The molecule has 0 unspecified atom stereocenters. The number of rotatable bonds is 5. The predicted octanol–water partition coefficient (Wildman–Crippen LogP) is 2.41. The molecule has 1 aromatic carbocycles. The second kappa shape index (κ2) is 7.25. The molecule has 2 heterocycles. The lowest BCUT2D eigenvalue weighted by Crippen LogP contribution is -2.22. The van der Waals surface area contributed by atoms with Gasteiger partial charge in [0.15, 0.2) is 0 Å². The number of nitrogens with one attached hydrogen (secondary N) is 1. The molecule has 150 valence electrons. The number of urea groups is 1. The van der Waals surface area contributed by atoms with Gasteiger partial charge in [-0.1, -0.05) is 18.2 Å². The van der Waals surface area contributed by atoms with Crippen molar-refractivity contribution in [2.24, 2.45) is 11.5 Å². The van der Waals surface area contributed by atoms with Crippen LogP contribution in [0.1, 0.15) is 27.2 Å². The minimum atomic E-state index is -0.720. The molecule has 0 radical (unpaired) electrons. The Labute approximate surface area is 172 Å². The van der Waals surface area contributed by atoms with Crippen LogP contribution in [0, 0.1) is 0 Å². The third-order valence-corrected chi connectivity index (χ3v) is 6.17. The molecule has 3 aromatic rings. The first-order chi connectivity index (χ1) is 13.8. The third kappa shape index (κ3) is 3.44. The molecule has 0 saturated carbocycles. The summed E-state index contributed by atoms with van der Waals surface area (Å²) in [4.78, 5) is 26.3. The average Bonchev–Trinajstić information content (AvgIpc) is 3.21. The molecule has 0 spiro atoms. The summed E-state index contributed by atoms with van der Waals surface area (Å²) in [7, 11) is 4.03. The van der Waals surface area contributed by atoms with Gasteiger partial charge < -0.3 is 16.4 Å². The maximum absolute atomic E-state index is 12.0. The summed E-state index contributed by atoms with van der Waals surface area (Å²) in [5.74, 6) is -0.568. The number of hydrogen-bond donors (Lipinski definition) is 3. The fourth-order valence-corrected chi connectivity index (χ4v) is 5.09. The Morgan fingerprint density at radius 2 is 2.00 bits per heavy atom. The van der Waals surface area contributed by atoms with Crippen LogP contribution in [-0.2, 0) is 19.4 Å². The Bertz CT molecular complexity index is 1110. The summed E-state index contributed by atoms with van der Waals surface area (Å²) < 4.78 is 1.92. The van der Waals surface area contributed by atoms with Gasteiger partial charge in [0.1, 0.15) is 5.00 Å². The summed E-state index contributed by atoms with van der Waals surface area (Å²) in [6.07, 6.45) is 3.34. The van der Waals surface area contributed by atoms with E-state index in [9.17, 15) is 9.59 Å². The summed E-state index contributed by atoms with van der Waals surface area (Å²) in [6, 6.07) is 7.49. The molecule has 4 rings (SSSR count). The molecule has 9 heteroatoms. The first-order valence-electron chi connectivity index (χ1n) is 9.19. The molecule has 3 amide bonds. The topological polar surface area (TPSA) is 119 Å². The van der Waals surface area contributed by atoms with E-state index in [1.165, 1.54) is 11.3 Å². The van der Waals surface area contributed by atoms with E-state index in [4.69, 9.17) is 16.6 Å². The number of fused-ring (bicyclic) bond motifs is 3. The van der Waals surface area contributed by atoms with E-state index < -0.39 is 11.9 Å². The molecule has 0 bridgehead atoms. The number of para-hydroxylation sites is 1. The number of benzene rings is 1. The Morgan fingerprint density at radius 1 is 1.24 bits per heavy atom. The fraction of sp³-hybridized carbons (Fsp3) is 0.250. The first-order valence-corrected chi connectivity index (χ1v) is 10.0. The minimum absolute atomic E-state index is 0.347. The van der Waals surface area contributed by atoms with Gasteiger partial charge in [0.05, 0.1) is 17.8 Å². The van der Waals surface area contributed by atoms with Crippen LogP contribution in [0.4, 0.5) is 15.5 Å². The van der Waals surface area contributed by atoms with Crippen LogP contribution >= 0.6 is 11.3 Å². The second-order valence-corrected chi connectivity index (χ2v) is 8.20. The lowest BCUT2D eigenvalue weighted by atomic mass is 9.94. The molecule has 8 nitrogen and oxygen atoms in total. The zero-order valence-corrected chi connectivity index (χ0v) is 17.0. The molecule has 0 saturated heterocycles. The van der Waals surface area contributed by atoms with Crippen LogP contribution in [0.2, 0.25) is 0 Å². The van der Waals surface area contributed by atoms with Crippen LogP contribution in [0.5, 0.6) is 0 Å². The maximum atomic E-state index is 12.0. The van der Waals surface area contributed by atoms with Crippen molar-refractivity contribution in [3.63, 3.8) is 0 Å². The van der Waals surface area contributed by atoms with Crippen LogP contribution in [-0.4, -0.2) is 35.8 Å². The van der Waals surface area contributed by atoms with Crippen LogP contribution in [0.15, 0.2) is 30.5 Å². The Morgan fingerprint density at radius 3 is 2.69 bits per heavy atom. The molecule has 29 heavy (non-hydrogen) atoms. The van der Waals surface area contributed by atoms with E-state index in [0.717, 1.165) is 32.9 Å². The van der Waals surface area contributed by atoms with Crippen molar-refractivity contribution in [3.8, 4) is 10.4 Å². The maximum Gasteiger partial charge on any atom is 0.317 e. The van der Waals surface area contributed by atoms with Crippen molar-refractivity contribution in [2.45, 2.75) is 19.4 Å². The highest BCUT2D eigenvalue weighted by Gasteiger charge is 2.29. The number of amides is 3. The van der Waals surface area contributed by atoms with Crippen molar-refractivity contribution in [3.05, 3.63) is 52.8 Å². The molecule has 0 aliphatic heterocycles. The molecule has 1 aliphatic carbocycles. The number of anilines is 2. The first kappa shape index (κ1) is 19.0. The average molecular weight is 411 g/mol. The molecular weight excluding hydrogens is 388 g/mol. The number of carbonyl (C=O) groups excluding carboxylic acids is 2. The molecule has 0 fully saturated rings. The van der Waals surface area contributed by atoms with E-state index >= 15 is 0 Å². The minimum Gasteiger partial charge on any atom is -0.377 e. The van der Waals surface area contributed by atoms with Crippen molar-refractivity contribution in [1.29, 1.82) is 0 Å². The fourth-order valence-electron chi connectivity index (χ4n) is 3.80. The highest BCUT2D eigenvalue weighted by atomic mass is 32.1. The number of primary amides is 2. The molecule has 1 aliphatic rings. The van der Waals surface area contributed by atoms with E-state index in [1.807, 2.05) is 37.1 Å². The van der Waals surface area contributed by atoms with E-state index in [-0.39, 0.29) is 0 Å². The SMILES string of the molecule is CN(C)c1ccccc1Cn1cc2c(n1)CCc1c-2sc(NC(N)=O)c1C(N)=O. The van der Waals surface area contributed by atoms with Crippen LogP contribution in [0.25, 0.3) is 10.4 Å². The summed E-state index contributed by atoms with van der Waals surface area (Å²) >= 11 is 1.31. The van der Waals surface area contributed by atoms with Crippen LogP contribution in [0.3, 0.4) is 0 Å². The second-order valence-electron chi connectivity index (χ2n) is 7.18. The van der Waals surface area contributed by atoms with E-state index in [0.29, 0.717) is 30.0 Å². The standard InChI is InChI=1S/C20H22N6O2S/c1-25(2)15-6-4-3-5-11(15)9-26-10-13-14(24-26)8-7-12-16(18(21)27)19(23-20(22)28)29-17(12)13/h3-6,10H,7-9H2,1-2H3,(H2,21,27)(H3,22,23,28). The Kier molecular flexibility index (Phi) is 4.75. The number of nitrogens with zero attached hydrogens (tertiary/aromatic N) is 3. The van der Waals surface area contributed by atoms with Crippen LogP contribution < -0.4 is 21.7 Å². The summed E-state index contributed by atoms with van der Waals surface area (Å²) in [5.41, 5.74) is 16.3. The number of aryl methyl sites for hydroxylation is 1. The number of hydrogen-bond acceptors (Lipinski definition) is 5. The van der Waals surface area contributed by atoms with Gasteiger partial charge >= 0.3 is 6.03 Å². The van der Waals surface area contributed by atoms with E-state index in [1.54, 1.807) is 0 Å². The highest BCUT2D eigenvalue weighted by molar-refractivity contribution is 7.20. The highest BCUT2D eigenvalue weighted by Crippen LogP contribution is 2.44. The lowest BCUT2D eigenvalue weighted by Gasteiger charge is -2.17.